The molecule has 0 saturated carbocycles. The molecule has 24 heavy (non-hydrogen) atoms. The molecule has 1 N–H and O–H groups in total. The number of halogens is 2. The van der Waals surface area contributed by atoms with E-state index in [1.807, 2.05) is 24.3 Å². The fourth-order valence-electron chi connectivity index (χ4n) is 2.07. The molecule has 0 amide bonds. The van der Waals surface area contributed by atoms with Gasteiger partial charge in [0.2, 0.25) is 0 Å². The monoisotopic (exact) mass is 405 g/mol. The molecule has 0 aliphatic heterocycles. The van der Waals surface area contributed by atoms with Crippen molar-refractivity contribution in [1.29, 1.82) is 0 Å². The Labute approximate surface area is 149 Å². The number of anilines is 1. The number of nitro groups is 1. The molecule has 3 aromatic rings. The third kappa shape index (κ3) is 3.34. The van der Waals surface area contributed by atoms with Crippen LogP contribution >= 0.6 is 27.5 Å². The Hall–Kier alpha value is -2.58. The minimum Gasteiger partial charge on any atom is -0.259 e. The van der Waals surface area contributed by atoms with E-state index < -0.39 is 4.92 Å². The zero-order valence-corrected chi connectivity index (χ0v) is 14.3. The molecular formula is C15H9BrClN5O2. The molecule has 1 aromatic heterocycles. The van der Waals surface area contributed by atoms with Crippen molar-refractivity contribution in [3.63, 3.8) is 0 Å². The first-order valence-electron chi connectivity index (χ1n) is 6.70. The molecule has 0 unspecified atom stereocenters. The van der Waals surface area contributed by atoms with Gasteiger partial charge in [-0.1, -0.05) is 41.9 Å². The van der Waals surface area contributed by atoms with Crippen LogP contribution in [0.4, 0.5) is 11.5 Å². The number of nitrogens with one attached hydrogen (secondary N) is 1. The van der Waals surface area contributed by atoms with Gasteiger partial charge in [0.05, 0.1) is 15.6 Å². The molecule has 0 aliphatic rings. The number of benzene rings is 2. The van der Waals surface area contributed by atoms with Crippen LogP contribution in [-0.4, -0.2) is 21.3 Å². The topological polar surface area (TPSA) is 93.3 Å². The highest BCUT2D eigenvalue weighted by molar-refractivity contribution is 9.10. The lowest BCUT2D eigenvalue weighted by Gasteiger charge is -2.04. The number of fused-ring (bicyclic) bond motifs is 1. The van der Waals surface area contributed by atoms with Gasteiger partial charge < -0.3 is 0 Å². The van der Waals surface area contributed by atoms with Crippen molar-refractivity contribution >= 4 is 56.0 Å². The van der Waals surface area contributed by atoms with Crippen LogP contribution in [0.25, 0.3) is 10.8 Å². The van der Waals surface area contributed by atoms with Crippen LogP contribution < -0.4 is 5.43 Å². The number of hydrogen-bond acceptors (Lipinski definition) is 6. The predicted octanol–water partition coefficient (Wildman–Crippen LogP) is 4.40. The van der Waals surface area contributed by atoms with Crippen LogP contribution in [0, 0.1) is 10.1 Å². The van der Waals surface area contributed by atoms with E-state index in [1.165, 1.54) is 12.3 Å². The molecule has 0 bridgehead atoms. The van der Waals surface area contributed by atoms with E-state index in [9.17, 15) is 10.1 Å². The van der Waals surface area contributed by atoms with Crippen molar-refractivity contribution in [2.24, 2.45) is 5.10 Å². The van der Waals surface area contributed by atoms with Gasteiger partial charge in [0.1, 0.15) is 0 Å². The van der Waals surface area contributed by atoms with E-state index in [0.29, 0.717) is 21.0 Å². The molecule has 0 saturated heterocycles. The van der Waals surface area contributed by atoms with E-state index in [-0.39, 0.29) is 5.69 Å². The van der Waals surface area contributed by atoms with Gasteiger partial charge in [-0.25, -0.2) is 0 Å². The molecule has 0 aliphatic carbocycles. The Bertz CT molecular complexity index is 964. The number of rotatable bonds is 4. The number of nitro benzene ring substituents is 1. The summed E-state index contributed by atoms with van der Waals surface area (Å²) in [6.45, 7) is 0. The summed E-state index contributed by atoms with van der Waals surface area (Å²) in [7, 11) is 0. The average Bonchev–Trinajstić information content (AvgIpc) is 2.58. The van der Waals surface area contributed by atoms with Crippen LogP contribution in [0.1, 0.15) is 5.56 Å². The maximum absolute atomic E-state index is 10.9. The summed E-state index contributed by atoms with van der Waals surface area (Å²) in [4.78, 5) is 10.5. The molecule has 120 valence electrons. The molecule has 0 radical (unpaired) electrons. The van der Waals surface area contributed by atoms with Crippen LogP contribution in [0.2, 0.25) is 5.15 Å². The second-order valence-corrected chi connectivity index (χ2v) is 5.94. The third-order valence-corrected chi connectivity index (χ3v) is 4.14. The Kier molecular flexibility index (Phi) is 4.68. The maximum Gasteiger partial charge on any atom is 0.284 e. The highest BCUT2D eigenvalue weighted by atomic mass is 79.9. The lowest BCUT2D eigenvalue weighted by molar-refractivity contribution is -0.385. The first-order chi connectivity index (χ1) is 11.6. The lowest BCUT2D eigenvalue weighted by Crippen LogP contribution is -1.98. The maximum atomic E-state index is 10.9. The van der Waals surface area contributed by atoms with E-state index in [0.717, 1.165) is 10.8 Å². The van der Waals surface area contributed by atoms with Gasteiger partial charge in [-0.3, -0.25) is 15.5 Å². The number of hydrazone groups is 1. The fraction of sp³-hybridized carbons (Fsp3) is 0. The summed E-state index contributed by atoms with van der Waals surface area (Å²) in [5.74, 6) is 0.442. The standard InChI is InChI=1S/C15H9BrClN5O2/c16-12-6-5-9(7-13(12)22(23)24)8-18-20-15-11-4-2-1-3-10(11)14(17)19-21-15/h1-8H,(H,20,21)/b18-8-. The molecule has 0 atom stereocenters. The second kappa shape index (κ2) is 6.90. The summed E-state index contributed by atoms with van der Waals surface area (Å²) in [6.07, 6.45) is 1.46. The van der Waals surface area contributed by atoms with Gasteiger partial charge in [-0.05, 0) is 22.0 Å². The summed E-state index contributed by atoms with van der Waals surface area (Å²) in [6, 6.07) is 12.1. The normalized spacial score (nSPS) is 11.1. The zero-order chi connectivity index (χ0) is 17.1. The van der Waals surface area contributed by atoms with Crippen LogP contribution in [0.15, 0.2) is 52.0 Å². The number of aromatic nitrogens is 2. The minimum absolute atomic E-state index is 0.0318. The summed E-state index contributed by atoms with van der Waals surface area (Å²) >= 11 is 9.15. The second-order valence-electron chi connectivity index (χ2n) is 4.72. The molecule has 0 spiro atoms. The van der Waals surface area contributed by atoms with E-state index in [2.05, 4.69) is 36.7 Å². The van der Waals surface area contributed by atoms with Crippen molar-refractivity contribution in [2.45, 2.75) is 0 Å². The van der Waals surface area contributed by atoms with Gasteiger partial charge >= 0.3 is 0 Å². The van der Waals surface area contributed by atoms with Gasteiger partial charge in [0.15, 0.2) is 11.0 Å². The quantitative estimate of drug-likeness (QED) is 0.394. The summed E-state index contributed by atoms with van der Waals surface area (Å²) in [5, 5.41) is 24.7. The Morgan fingerprint density at radius 2 is 1.96 bits per heavy atom. The van der Waals surface area contributed by atoms with E-state index in [1.54, 1.807) is 12.1 Å². The molecule has 2 aromatic carbocycles. The van der Waals surface area contributed by atoms with Crippen molar-refractivity contribution in [3.05, 3.63) is 67.8 Å². The van der Waals surface area contributed by atoms with Crippen LogP contribution in [0.5, 0.6) is 0 Å². The van der Waals surface area contributed by atoms with Gasteiger partial charge in [0.25, 0.3) is 5.69 Å². The predicted molar refractivity (Wildman–Crippen MR) is 96.6 cm³/mol. The minimum atomic E-state index is -0.465. The molecule has 9 heteroatoms. The number of nitrogens with zero attached hydrogens (tertiary/aromatic N) is 4. The largest absolute Gasteiger partial charge is 0.284 e. The summed E-state index contributed by atoms with van der Waals surface area (Å²) < 4.78 is 0.409. The van der Waals surface area contributed by atoms with Gasteiger partial charge in [-0.15, -0.1) is 10.2 Å². The molecule has 0 fully saturated rings. The van der Waals surface area contributed by atoms with Crippen LogP contribution in [-0.2, 0) is 0 Å². The SMILES string of the molecule is O=[N+]([O-])c1cc(/C=N\Nc2nnc(Cl)c3ccccc23)ccc1Br. The zero-order valence-electron chi connectivity index (χ0n) is 12.0. The van der Waals surface area contributed by atoms with Crippen molar-refractivity contribution in [1.82, 2.24) is 10.2 Å². The average molecular weight is 407 g/mol. The Balaban J connectivity index is 1.86. The number of hydrogen-bond donors (Lipinski definition) is 1. The first-order valence-corrected chi connectivity index (χ1v) is 7.87. The molecule has 3 rings (SSSR count). The van der Waals surface area contributed by atoms with E-state index in [4.69, 9.17) is 11.6 Å². The molecular weight excluding hydrogens is 398 g/mol. The van der Waals surface area contributed by atoms with Crippen molar-refractivity contribution in [2.75, 3.05) is 5.43 Å². The first kappa shape index (κ1) is 16.3. The van der Waals surface area contributed by atoms with E-state index >= 15 is 0 Å². The smallest absolute Gasteiger partial charge is 0.259 e. The summed E-state index contributed by atoms with van der Waals surface area (Å²) in [5.41, 5.74) is 3.32. The van der Waals surface area contributed by atoms with Crippen LogP contribution in [0.3, 0.4) is 0 Å². The van der Waals surface area contributed by atoms with Gasteiger partial charge in [0, 0.05) is 22.4 Å². The highest BCUT2D eigenvalue weighted by Gasteiger charge is 2.11. The third-order valence-electron chi connectivity index (χ3n) is 3.19. The van der Waals surface area contributed by atoms with Crippen molar-refractivity contribution in [3.8, 4) is 0 Å². The fourth-order valence-corrected chi connectivity index (χ4v) is 2.67. The lowest BCUT2D eigenvalue weighted by atomic mass is 10.2. The molecule has 7 nitrogen and oxygen atoms in total. The molecule has 1 heterocycles. The Morgan fingerprint density at radius 3 is 2.71 bits per heavy atom. The Morgan fingerprint density at radius 1 is 1.21 bits per heavy atom. The van der Waals surface area contributed by atoms with Gasteiger partial charge in [-0.2, -0.15) is 5.10 Å². The van der Waals surface area contributed by atoms with Crippen molar-refractivity contribution < 1.29 is 4.92 Å². The highest BCUT2D eigenvalue weighted by Crippen LogP contribution is 2.26.